The summed E-state index contributed by atoms with van der Waals surface area (Å²) in [6, 6.07) is 2.77. The number of carbonyl (C=O) groups excluding carboxylic acids is 1. The van der Waals surface area contributed by atoms with Crippen LogP contribution in [-0.4, -0.2) is 53.9 Å². The molecule has 1 aromatic rings. The number of pyridine rings is 1. The highest BCUT2D eigenvalue weighted by molar-refractivity contribution is 8.00. The highest BCUT2D eigenvalue weighted by Gasteiger charge is 2.34. The lowest BCUT2D eigenvalue weighted by Crippen LogP contribution is -2.49. The van der Waals surface area contributed by atoms with E-state index >= 15 is 0 Å². The van der Waals surface area contributed by atoms with Gasteiger partial charge in [0.15, 0.2) is 9.84 Å². The van der Waals surface area contributed by atoms with Crippen LogP contribution in [0.3, 0.4) is 0 Å². The molecule has 1 saturated heterocycles. The maximum absolute atomic E-state index is 12.5. The molecule has 1 unspecified atom stereocenters. The van der Waals surface area contributed by atoms with Gasteiger partial charge >= 0.3 is 0 Å². The fourth-order valence-electron chi connectivity index (χ4n) is 1.92. The first-order chi connectivity index (χ1) is 9.29. The zero-order valence-corrected chi connectivity index (χ0v) is 13.7. The minimum Gasteiger partial charge on any atom is -0.320 e. The lowest BCUT2D eigenvalue weighted by atomic mass is 10.2. The second-order valence-corrected chi connectivity index (χ2v) is 8.49. The molecule has 1 amide bonds. The van der Waals surface area contributed by atoms with Crippen LogP contribution < -0.4 is 0 Å². The summed E-state index contributed by atoms with van der Waals surface area (Å²) >= 11 is 13.1. The molecule has 0 saturated carbocycles. The van der Waals surface area contributed by atoms with E-state index in [1.54, 1.807) is 0 Å². The number of thioether (sulfide) groups is 1. The minimum absolute atomic E-state index is 0.100. The maximum Gasteiger partial charge on any atom is 0.255 e. The number of aromatic nitrogens is 1. The Labute approximate surface area is 131 Å². The summed E-state index contributed by atoms with van der Waals surface area (Å²) in [5, 5.41) is -0.620. The van der Waals surface area contributed by atoms with Crippen LogP contribution >= 0.6 is 35.0 Å². The summed E-state index contributed by atoms with van der Waals surface area (Å²) in [6.45, 7) is 0.374. The third-order valence-electron chi connectivity index (χ3n) is 2.85. The van der Waals surface area contributed by atoms with E-state index in [1.165, 1.54) is 28.8 Å². The quantitative estimate of drug-likeness (QED) is 0.759. The molecule has 0 N–H and O–H groups in total. The first-order valence-electron chi connectivity index (χ1n) is 5.69. The molecule has 1 aromatic heterocycles. The summed E-state index contributed by atoms with van der Waals surface area (Å²) in [5.41, 5.74) is 0.246. The van der Waals surface area contributed by atoms with E-state index in [4.69, 9.17) is 23.2 Å². The predicted octanol–water partition coefficient (Wildman–Crippen LogP) is 1.95. The van der Waals surface area contributed by atoms with E-state index in [2.05, 4.69) is 4.98 Å². The van der Waals surface area contributed by atoms with Crippen LogP contribution in [0.25, 0.3) is 0 Å². The number of halogens is 2. The molecule has 5 nitrogen and oxygen atoms in total. The van der Waals surface area contributed by atoms with Gasteiger partial charge in [-0.05, 0) is 12.1 Å². The van der Waals surface area contributed by atoms with Crippen LogP contribution in [0, 0.1) is 0 Å². The Morgan fingerprint density at radius 1 is 1.40 bits per heavy atom. The number of rotatable bonds is 2. The van der Waals surface area contributed by atoms with E-state index in [0.717, 1.165) is 6.26 Å². The summed E-state index contributed by atoms with van der Waals surface area (Å²) in [6.07, 6.45) is 1.14. The van der Waals surface area contributed by atoms with Gasteiger partial charge in [-0.1, -0.05) is 23.2 Å². The van der Waals surface area contributed by atoms with Crippen molar-refractivity contribution in [2.24, 2.45) is 0 Å². The van der Waals surface area contributed by atoms with Crippen LogP contribution in [-0.2, 0) is 9.84 Å². The lowest BCUT2D eigenvalue weighted by molar-refractivity contribution is 0.0749. The molecule has 1 fully saturated rings. The topological polar surface area (TPSA) is 67.3 Å². The van der Waals surface area contributed by atoms with Gasteiger partial charge in [0, 0.05) is 29.9 Å². The zero-order chi connectivity index (χ0) is 14.9. The normalized spacial score (nSPS) is 19.9. The molecule has 0 aliphatic carbocycles. The van der Waals surface area contributed by atoms with Gasteiger partial charge in [0.2, 0.25) is 0 Å². The number of nitrogens with zero attached hydrogens (tertiary/aromatic N) is 2. The zero-order valence-electron chi connectivity index (χ0n) is 10.5. The average molecular weight is 355 g/mol. The number of hydrogen-bond donors (Lipinski definition) is 0. The number of amides is 1. The Morgan fingerprint density at radius 2 is 2.00 bits per heavy atom. The Bertz CT molecular complexity index is 616. The molecule has 1 atom stereocenters. The molecule has 2 rings (SSSR count). The molecule has 1 aliphatic heterocycles. The van der Waals surface area contributed by atoms with Crippen LogP contribution in [0.15, 0.2) is 12.1 Å². The molecule has 2 heterocycles. The monoisotopic (exact) mass is 354 g/mol. The average Bonchev–Trinajstić information content (AvgIpc) is 2.35. The van der Waals surface area contributed by atoms with E-state index in [1.807, 2.05) is 0 Å². The van der Waals surface area contributed by atoms with Gasteiger partial charge in [-0.3, -0.25) is 4.79 Å². The summed E-state index contributed by atoms with van der Waals surface area (Å²) in [4.78, 5) is 17.6. The van der Waals surface area contributed by atoms with Gasteiger partial charge in [0.25, 0.3) is 5.91 Å². The Hall–Kier alpha value is -0.500. The van der Waals surface area contributed by atoms with E-state index in [0.29, 0.717) is 18.1 Å². The van der Waals surface area contributed by atoms with Crippen molar-refractivity contribution in [3.63, 3.8) is 0 Å². The van der Waals surface area contributed by atoms with Crippen LogP contribution in [0.5, 0.6) is 0 Å². The lowest BCUT2D eigenvalue weighted by Gasteiger charge is -2.34. The van der Waals surface area contributed by atoms with E-state index in [-0.39, 0.29) is 15.9 Å². The molecule has 0 spiro atoms. The van der Waals surface area contributed by atoms with Gasteiger partial charge < -0.3 is 4.90 Å². The third kappa shape index (κ3) is 3.58. The summed E-state index contributed by atoms with van der Waals surface area (Å²) in [7, 11) is -3.35. The van der Waals surface area contributed by atoms with Crippen molar-refractivity contribution < 1.29 is 13.2 Å². The van der Waals surface area contributed by atoms with Crippen molar-refractivity contribution in [1.82, 2.24) is 9.88 Å². The van der Waals surface area contributed by atoms with Gasteiger partial charge in [0.05, 0.1) is 0 Å². The molecule has 0 aromatic carbocycles. The molecule has 0 radical (unpaired) electrons. The highest BCUT2D eigenvalue weighted by atomic mass is 35.5. The molecule has 1 aliphatic rings. The number of hydrogen-bond acceptors (Lipinski definition) is 5. The van der Waals surface area contributed by atoms with E-state index in [9.17, 15) is 13.2 Å². The Morgan fingerprint density at radius 3 is 2.55 bits per heavy atom. The fraction of sp³-hybridized carbons (Fsp3) is 0.455. The molecule has 110 valence electrons. The van der Waals surface area contributed by atoms with Crippen molar-refractivity contribution in [3.8, 4) is 0 Å². The summed E-state index contributed by atoms with van der Waals surface area (Å²) < 4.78 is 23.6. The minimum atomic E-state index is -3.35. The Balaban J connectivity index is 2.35. The highest BCUT2D eigenvalue weighted by Crippen LogP contribution is 2.24. The Kier molecular flexibility index (Phi) is 4.84. The van der Waals surface area contributed by atoms with Crippen LogP contribution in [0.4, 0.5) is 0 Å². The molecular formula is C11H12Cl2N2O3S2. The van der Waals surface area contributed by atoms with Gasteiger partial charge in [0.1, 0.15) is 15.7 Å². The number of carbonyl (C=O) groups is 1. The molecule has 20 heavy (non-hydrogen) atoms. The van der Waals surface area contributed by atoms with Crippen molar-refractivity contribution in [3.05, 3.63) is 28.0 Å². The second-order valence-electron chi connectivity index (χ2n) is 4.36. The predicted molar refractivity (Wildman–Crippen MR) is 81.3 cm³/mol. The number of sulfone groups is 1. The molecular weight excluding hydrogens is 343 g/mol. The SMILES string of the molecule is CS(=O)(=O)C1CSCCN1C(=O)c1cc(Cl)nc(Cl)c1. The van der Waals surface area contributed by atoms with Gasteiger partial charge in [-0.15, -0.1) is 0 Å². The smallest absolute Gasteiger partial charge is 0.255 e. The van der Waals surface area contributed by atoms with Crippen molar-refractivity contribution in [2.45, 2.75) is 5.37 Å². The van der Waals surface area contributed by atoms with Crippen molar-refractivity contribution >= 4 is 50.7 Å². The maximum atomic E-state index is 12.5. The van der Waals surface area contributed by atoms with Crippen molar-refractivity contribution in [2.75, 3.05) is 24.3 Å². The van der Waals surface area contributed by atoms with Crippen LogP contribution in [0.2, 0.25) is 10.3 Å². The fourth-order valence-corrected chi connectivity index (χ4v) is 5.20. The summed E-state index contributed by atoms with van der Waals surface area (Å²) in [5.74, 6) is 0.674. The third-order valence-corrected chi connectivity index (χ3v) is 5.88. The van der Waals surface area contributed by atoms with Gasteiger partial charge in [-0.25, -0.2) is 13.4 Å². The van der Waals surface area contributed by atoms with Crippen molar-refractivity contribution in [1.29, 1.82) is 0 Å². The largest absolute Gasteiger partial charge is 0.320 e. The van der Waals surface area contributed by atoms with Gasteiger partial charge in [-0.2, -0.15) is 11.8 Å². The van der Waals surface area contributed by atoms with E-state index < -0.39 is 21.1 Å². The first kappa shape index (κ1) is 15.9. The molecule has 9 heteroatoms. The second kappa shape index (κ2) is 6.09. The standard InChI is InChI=1S/C11H12Cl2N2O3S2/c1-20(17,18)10-6-19-3-2-15(10)11(16)7-4-8(12)14-9(13)5-7/h4-5,10H,2-3,6H2,1H3. The first-order valence-corrected chi connectivity index (χ1v) is 9.56. The molecule has 0 bridgehead atoms. The van der Waals surface area contributed by atoms with Crippen LogP contribution in [0.1, 0.15) is 10.4 Å².